The predicted molar refractivity (Wildman–Crippen MR) is 92.1 cm³/mol. The van der Waals surface area contributed by atoms with Gasteiger partial charge in [-0.2, -0.15) is 10.2 Å². The molecule has 0 aliphatic carbocycles. The van der Waals surface area contributed by atoms with E-state index < -0.39 is 0 Å². The third-order valence-electron chi connectivity index (χ3n) is 4.92. The van der Waals surface area contributed by atoms with Crippen LogP contribution in [0.1, 0.15) is 36.0 Å². The molecule has 0 saturated carbocycles. The van der Waals surface area contributed by atoms with E-state index in [1.165, 1.54) is 17.7 Å². The first-order valence-corrected chi connectivity index (χ1v) is 8.41. The molecule has 1 fully saturated rings. The fourth-order valence-corrected chi connectivity index (χ4v) is 3.38. The van der Waals surface area contributed by atoms with Crippen molar-refractivity contribution in [3.8, 4) is 11.4 Å². The summed E-state index contributed by atoms with van der Waals surface area (Å²) in [7, 11) is 1.99. The van der Waals surface area contributed by atoms with Gasteiger partial charge in [-0.05, 0) is 26.3 Å². The molecule has 1 N–H and O–H groups in total. The summed E-state index contributed by atoms with van der Waals surface area (Å²) >= 11 is 0. The van der Waals surface area contributed by atoms with Gasteiger partial charge in [0.05, 0.1) is 12.2 Å². The van der Waals surface area contributed by atoms with Gasteiger partial charge in [-0.3, -0.25) is 14.7 Å². The molecule has 0 amide bonds. The fourth-order valence-electron chi connectivity index (χ4n) is 3.38. The van der Waals surface area contributed by atoms with E-state index in [2.05, 4.69) is 27.1 Å². The average Bonchev–Trinajstić information content (AvgIpc) is 3.33. The Hall–Kier alpha value is -2.47. The molecule has 1 unspecified atom stereocenters. The molecule has 1 aliphatic heterocycles. The van der Waals surface area contributed by atoms with Crippen LogP contribution in [0.25, 0.3) is 11.4 Å². The van der Waals surface area contributed by atoms with Crippen LogP contribution in [0, 0.1) is 6.92 Å². The lowest BCUT2D eigenvalue weighted by Gasteiger charge is -2.22. The standard InChI is InChI=1S/C18H22N6/c1-13-15(11-19-23(13)2)12-24-10-6-9-16(24)18-20-17(21-22-18)14-7-4-3-5-8-14/h3-5,7-8,11,16H,6,9-10,12H2,1-2H3,(H,20,21,22). The number of aromatic nitrogens is 5. The van der Waals surface area contributed by atoms with Gasteiger partial charge in [-0.1, -0.05) is 30.3 Å². The van der Waals surface area contributed by atoms with Crippen molar-refractivity contribution in [1.29, 1.82) is 0 Å². The van der Waals surface area contributed by atoms with Crippen molar-refractivity contribution in [3.05, 3.63) is 53.6 Å². The Morgan fingerprint density at radius 3 is 2.83 bits per heavy atom. The molecule has 1 aliphatic rings. The number of H-pyrrole nitrogens is 1. The maximum absolute atomic E-state index is 4.75. The second kappa shape index (κ2) is 6.20. The summed E-state index contributed by atoms with van der Waals surface area (Å²) in [6, 6.07) is 10.4. The van der Waals surface area contributed by atoms with Gasteiger partial charge in [-0.15, -0.1) is 0 Å². The minimum absolute atomic E-state index is 0.301. The molecule has 0 spiro atoms. The number of hydrogen-bond donors (Lipinski definition) is 1. The Labute approximate surface area is 141 Å². The van der Waals surface area contributed by atoms with Gasteiger partial charge < -0.3 is 0 Å². The van der Waals surface area contributed by atoms with Crippen molar-refractivity contribution in [1.82, 2.24) is 29.9 Å². The summed E-state index contributed by atoms with van der Waals surface area (Å²) in [4.78, 5) is 7.22. The van der Waals surface area contributed by atoms with Gasteiger partial charge in [0.2, 0.25) is 0 Å². The molecule has 0 bridgehead atoms. The van der Waals surface area contributed by atoms with E-state index in [-0.39, 0.29) is 0 Å². The maximum Gasteiger partial charge on any atom is 0.181 e. The van der Waals surface area contributed by atoms with Crippen molar-refractivity contribution in [2.45, 2.75) is 32.4 Å². The van der Waals surface area contributed by atoms with E-state index in [9.17, 15) is 0 Å². The minimum atomic E-state index is 0.301. The Balaban J connectivity index is 1.55. The highest BCUT2D eigenvalue weighted by Gasteiger charge is 2.29. The van der Waals surface area contributed by atoms with Crippen molar-refractivity contribution in [2.75, 3.05) is 6.54 Å². The normalized spacial score (nSPS) is 18.3. The molecule has 6 heteroatoms. The first kappa shape index (κ1) is 15.1. The summed E-state index contributed by atoms with van der Waals surface area (Å²) in [5.74, 6) is 1.74. The first-order valence-electron chi connectivity index (χ1n) is 8.41. The SMILES string of the molecule is Cc1c(CN2CCCC2c2nc(-c3ccccc3)n[nH]2)cnn1C. The van der Waals surface area contributed by atoms with Crippen LogP contribution >= 0.6 is 0 Å². The number of hydrogen-bond acceptors (Lipinski definition) is 4. The van der Waals surface area contributed by atoms with Crippen LogP contribution in [0.15, 0.2) is 36.5 Å². The van der Waals surface area contributed by atoms with Crippen molar-refractivity contribution >= 4 is 0 Å². The molecule has 3 aromatic rings. The largest absolute Gasteiger partial charge is 0.289 e. The lowest BCUT2D eigenvalue weighted by Crippen LogP contribution is -2.23. The Morgan fingerprint density at radius 1 is 1.25 bits per heavy atom. The van der Waals surface area contributed by atoms with Crippen LogP contribution < -0.4 is 0 Å². The van der Waals surface area contributed by atoms with Gasteiger partial charge in [-0.25, -0.2) is 4.98 Å². The number of rotatable bonds is 4. The molecule has 124 valence electrons. The van der Waals surface area contributed by atoms with E-state index in [0.717, 1.165) is 36.7 Å². The number of benzene rings is 1. The molecular formula is C18H22N6. The second-order valence-corrected chi connectivity index (χ2v) is 6.42. The summed E-state index contributed by atoms with van der Waals surface area (Å²) in [5, 5.41) is 11.9. The van der Waals surface area contributed by atoms with Crippen LogP contribution in [0.2, 0.25) is 0 Å². The molecule has 1 aromatic carbocycles. The molecular weight excluding hydrogens is 300 g/mol. The monoisotopic (exact) mass is 322 g/mol. The third kappa shape index (κ3) is 2.73. The number of aryl methyl sites for hydroxylation is 1. The zero-order chi connectivity index (χ0) is 16.5. The van der Waals surface area contributed by atoms with Gasteiger partial charge in [0.1, 0.15) is 5.82 Å². The van der Waals surface area contributed by atoms with Crippen LogP contribution in [0.3, 0.4) is 0 Å². The van der Waals surface area contributed by atoms with Crippen molar-refractivity contribution < 1.29 is 0 Å². The van der Waals surface area contributed by atoms with Crippen LogP contribution in [0.4, 0.5) is 0 Å². The highest BCUT2D eigenvalue weighted by molar-refractivity contribution is 5.53. The molecule has 0 radical (unpaired) electrons. The summed E-state index contributed by atoms with van der Waals surface area (Å²) in [5.41, 5.74) is 3.56. The van der Waals surface area contributed by atoms with Crippen molar-refractivity contribution in [2.24, 2.45) is 7.05 Å². The topological polar surface area (TPSA) is 62.6 Å². The van der Waals surface area contributed by atoms with Gasteiger partial charge in [0.25, 0.3) is 0 Å². The molecule has 1 saturated heterocycles. The number of nitrogens with one attached hydrogen (secondary N) is 1. The summed E-state index contributed by atoms with van der Waals surface area (Å²) < 4.78 is 1.93. The van der Waals surface area contributed by atoms with E-state index in [4.69, 9.17) is 4.98 Å². The molecule has 6 nitrogen and oxygen atoms in total. The molecule has 2 aromatic heterocycles. The lowest BCUT2D eigenvalue weighted by atomic mass is 10.2. The minimum Gasteiger partial charge on any atom is -0.289 e. The highest BCUT2D eigenvalue weighted by Crippen LogP contribution is 2.32. The zero-order valence-electron chi connectivity index (χ0n) is 14.1. The molecule has 3 heterocycles. The van der Waals surface area contributed by atoms with Crippen LogP contribution in [-0.2, 0) is 13.6 Å². The summed E-state index contributed by atoms with van der Waals surface area (Å²) in [6.07, 6.45) is 4.27. The fraction of sp³-hybridized carbons (Fsp3) is 0.389. The van der Waals surface area contributed by atoms with Gasteiger partial charge >= 0.3 is 0 Å². The first-order chi connectivity index (χ1) is 11.7. The predicted octanol–water partition coefficient (Wildman–Crippen LogP) is 2.85. The molecule has 1 atom stereocenters. The summed E-state index contributed by atoms with van der Waals surface area (Å²) in [6.45, 7) is 4.11. The Morgan fingerprint density at radius 2 is 2.08 bits per heavy atom. The number of nitrogens with zero attached hydrogens (tertiary/aromatic N) is 5. The Kier molecular flexibility index (Phi) is 3.90. The van der Waals surface area contributed by atoms with Gasteiger partial charge in [0.15, 0.2) is 5.82 Å². The highest BCUT2D eigenvalue weighted by atomic mass is 15.3. The zero-order valence-corrected chi connectivity index (χ0v) is 14.1. The van der Waals surface area contributed by atoms with Crippen molar-refractivity contribution in [3.63, 3.8) is 0 Å². The van der Waals surface area contributed by atoms with Crippen LogP contribution in [0.5, 0.6) is 0 Å². The Bertz CT molecular complexity index is 819. The smallest absolute Gasteiger partial charge is 0.181 e. The quantitative estimate of drug-likeness (QED) is 0.802. The number of likely N-dealkylation sites (tertiary alicyclic amines) is 1. The maximum atomic E-state index is 4.75. The second-order valence-electron chi connectivity index (χ2n) is 6.42. The average molecular weight is 322 g/mol. The molecule has 4 rings (SSSR count). The van der Waals surface area contributed by atoms with Crippen LogP contribution in [-0.4, -0.2) is 36.4 Å². The van der Waals surface area contributed by atoms with E-state index in [1.807, 2.05) is 48.3 Å². The van der Waals surface area contributed by atoms with E-state index in [0.29, 0.717) is 6.04 Å². The van der Waals surface area contributed by atoms with E-state index in [1.54, 1.807) is 0 Å². The number of aromatic amines is 1. The third-order valence-corrected chi connectivity index (χ3v) is 4.92. The van der Waals surface area contributed by atoms with E-state index >= 15 is 0 Å². The lowest BCUT2D eigenvalue weighted by molar-refractivity contribution is 0.239. The van der Waals surface area contributed by atoms with Gasteiger partial charge in [0, 0.05) is 30.4 Å². The molecule has 24 heavy (non-hydrogen) atoms.